The molecule has 1 aliphatic rings. The molecule has 1 saturated heterocycles. The molecule has 2 aromatic heterocycles. The highest BCUT2D eigenvalue weighted by Gasteiger charge is 2.26. The van der Waals surface area contributed by atoms with Gasteiger partial charge in [-0.1, -0.05) is 0 Å². The Kier molecular flexibility index (Phi) is 5.19. The molecule has 7 nitrogen and oxygen atoms in total. The van der Waals surface area contributed by atoms with Crippen molar-refractivity contribution in [1.29, 1.82) is 0 Å². The van der Waals surface area contributed by atoms with Crippen LogP contribution in [-0.4, -0.2) is 39.2 Å². The Bertz CT molecular complexity index is 863. The lowest BCUT2D eigenvalue weighted by molar-refractivity contribution is 0.0498. The average molecular weight is 363 g/mol. The zero-order valence-corrected chi connectivity index (χ0v) is 15.1. The third-order valence-electron chi connectivity index (χ3n) is 4.43. The highest BCUT2D eigenvalue weighted by Crippen LogP contribution is 2.17. The predicted molar refractivity (Wildman–Crippen MR) is 95.0 cm³/mol. The van der Waals surface area contributed by atoms with Crippen molar-refractivity contribution in [3.63, 3.8) is 0 Å². The Labute approximate surface area is 149 Å². The minimum atomic E-state index is -0.511. The van der Waals surface area contributed by atoms with Crippen LogP contribution in [0.2, 0.25) is 0 Å². The Hall–Kier alpha value is -2.19. The van der Waals surface area contributed by atoms with E-state index < -0.39 is 11.2 Å². The fourth-order valence-electron chi connectivity index (χ4n) is 2.96. The topological polar surface area (TPSA) is 73.5 Å². The second-order valence-electron chi connectivity index (χ2n) is 6.22. The third kappa shape index (κ3) is 3.74. The fourth-order valence-corrected chi connectivity index (χ4v) is 3.62. The number of thiophene rings is 1. The Morgan fingerprint density at radius 2 is 2.16 bits per heavy atom. The van der Waals surface area contributed by atoms with Crippen molar-refractivity contribution in [3.8, 4) is 0 Å². The molecule has 25 heavy (non-hydrogen) atoms. The van der Waals surface area contributed by atoms with Gasteiger partial charge in [-0.15, -0.1) is 0 Å². The van der Waals surface area contributed by atoms with Gasteiger partial charge in [-0.3, -0.25) is 18.7 Å². The van der Waals surface area contributed by atoms with Gasteiger partial charge in [0.05, 0.1) is 6.10 Å². The molecule has 134 valence electrons. The van der Waals surface area contributed by atoms with Crippen molar-refractivity contribution in [3.05, 3.63) is 55.0 Å². The van der Waals surface area contributed by atoms with Gasteiger partial charge in [0.15, 0.2) is 0 Å². The smallest absolute Gasteiger partial charge is 0.331 e. The SMILES string of the molecule is Cn1c(C(=O)N(Cc2ccsc2)CC2CCCO2)cc(=O)n(C)c1=O. The minimum Gasteiger partial charge on any atom is -0.376 e. The highest BCUT2D eigenvalue weighted by atomic mass is 32.1. The van der Waals surface area contributed by atoms with Crippen LogP contribution < -0.4 is 11.2 Å². The number of nitrogens with zero attached hydrogens (tertiary/aromatic N) is 3. The van der Waals surface area contributed by atoms with E-state index in [1.54, 1.807) is 16.2 Å². The lowest BCUT2D eigenvalue weighted by Crippen LogP contribution is -2.43. The summed E-state index contributed by atoms with van der Waals surface area (Å²) in [6, 6.07) is 3.18. The number of carbonyl (C=O) groups is 1. The van der Waals surface area contributed by atoms with Gasteiger partial charge in [0.1, 0.15) is 5.69 Å². The third-order valence-corrected chi connectivity index (χ3v) is 5.17. The summed E-state index contributed by atoms with van der Waals surface area (Å²) in [4.78, 5) is 38.8. The van der Waals surface area contributed by atoms with Gasteiger partial charge >= 0.3 is 5.69 Å². The van der Waals surface area contributed by atoms with E-state index in [4.69, 9.17) is 4.74 Å². The molecular formula is C17H21N3O4S. The monoisotopic (exact) mass is 363 g/mol. The van der Waals surface area contributed by atoms with Gasteiger partial charge in [-0.2, -0.15) is 11.3 Å². The van der Waals surface area contributed by atoms with Crippen molar-refractivity contribution in [1.82, 2.24) is 14.0 Å². The van der Waals surface area contributed by atoms with Gasteiger partial charge in [0.25, 0.3) is 11.5 Å². The lowest BCUT2D eigenvalue weighted by Gasteiger charge is -2.26. The van der Waals surface area contributed by atoms with Gasteiger partial charge in [0.2, 0.25) is 0 Å². The van der Waals surface area contributed by atoms with Crippen LogP contribution in [0.15, 0.2) is 32.5 Å². The van der Waals surface area contributed by atoms with Crippen LogP contribution in [0, 0.1) is 0 Å². The van der Waals surface area contributed by atoms with E-state index in [-0.39, 0.29) is 17.7 Å². The number of ether oxygens (including phenoxy) is 1. The standard InChI is InChI=1S/C17H21N3O4S/c1-18-14(8-15(21)19(2)17(18)23)16(22)20(9-12-5-7-25-11-12)10-13-4-3-6-24-13/h5,7-8,11,13H,3-4,6,9-10H2,1-2H3. The summed E-state index contributed by atoms with van der Waals surface area (Å²) in [5.74, 6) is -0.334. The van der Waals surface area contributed by atoms with E-state index in [1.807, 2.05) is 16.8 Å². The van der Waals surface area contributed by atoms with Gasteiger partial charge in [0, 0.05) is 39.9 Å². The van der Waals surface area contributed by atoms with E-state index in [0.717, 1.165) is 23.0 Å². The molecule has 0 aliphatic carbocycles. The van der Waals surface area contributed by atoms with Crippen molar-refractivity contribution in [2.24, 2.45) is 14.1 Å². The molecule has 1 fully saturated rings. The van der Waals surface area contributed by atoms with Gasteiger partial charge in [-0.25, -0.2) is 4.79 Å². The lowest BCUT2D eigenvalue weighted by atomic mass is 10.2. The number of amides is 1. The number of rotatable bonds is 5. The molecule has 0 saturated carbocycles. The molecule has 1 atom stereocenters. The zero-order chi connectivity index (χ0) is 18.0. The minimum absolute atomic E-state index is 0.00819. The van der Waals surface area contributed by atoms with Crippen molar-refractivity contribution < 1.29 is 9.53 Å². The number of hydrogen-bond acceptors (Lipinski definition) is 5. The van der Waals surface area contributed by atoms with Crippen molar-refractivity contribution in [2.45, 2.75) is 25.5 Å². The van der Waals surface area contributed by atoms with Crippen LogP contribution in [0.4, 0.5) is 0 Å². The molecule has 0 N–H and O–H groups in total. The van der Waals surface area contributed by atoms with E-state index in [9.17, 15) is 14.4 Å². The maximum Gasteiger partial charge on any atom is 0.331 e. The fraction of sp³-hybridized carbons (Fsp3) is 0.471. The van der Waals surface area contributed by atoms with Gasteiger partial charge in [-0.05, 0) is 35.2 Å². The maximum absolute atomic E-state index is 13.1. The predicted octanol–water partition coefficient (Wildman–Crippen LogP) is 0.967. The first kappa shape index (κ1) is 17.6. The first-order valence-corrected chi connectivity index (χ1v) is 9.10. The van der Waals surface area contributed by atoms with E-state index in [1.165, 1.54) is 24.7 Å². The number of hydrogen-bond donors (Lipinski definition) is 0. The van der Waals surface area contributed by atoms with Crippen molar-refractivity contribution >= 4 is 17.2 Å². The largest absolute Gasteiger partial charge is 0.376 e. The Balaban J connectivity index is 1.93. The average Bonchev–Trinajstić information content (AvgIpc) is 3.29. The van der Waals surface area contributed by atoms with Gasteiger partial charge < -0.3 is 9.64 Å². The highest BCUT2D eigenvalue weighted by molar-refractivity contribution is 7.07. The summed E-state index contributed by atoms with van der Waals surface area (Å²) in [6.45, 7) is 1.57. The van der Waals surface area contributed by atoms with Crippen molar-refractivity contribution in [2.75, 3.05) is 13.2 Å². The quantitative estimate of drug-likeness (QED) is 0.793. The van der Waals surface area contributed by atoms with Crippen LogP contribution in [0.5, 0.6) is 0 Å². The molecule has 0 aromatic carbocycles. The van der Waals surface area contributed by atoms with E-state index >= 15 is 0 Å². The molecule has 3 rings (SSSR count). The Morgan fingerprint density at radius 3 is 2.80 bits per heavy atom. The Morgan fingerprint density at radius 1 is 1.36 bits per heavy atom. The second kappa shape index (κ2) is 7.37. The number of aromatic nitrogens is 2. The maximum atomic E-state index is 13.1. The zero-order valence-electron chi connectivity index (χ0n) is 14.3. The molecular weight excluding hydrogens is 342 g/mol. The normalized spacial score (nSPS) is 17.0. The van der Waals surface area contributed by atoms with E-state index in [2.05, 4.69) is 0 Å². The summed E-state index contributed by atoms with van der Waals surface area (Å²) in [5.41, 5.74) is 0.119. The molecule has 2 aromatic rings. The molecule has 1 amide bonds. The molecule has 0 spiro atoms. The number of carbonyl (C=O) groups excluding carboxylic acids is 1. The van der Waals surface area contributed by atoms with E-state index in [0.29, 0.717) is 19.7 Å². The molecule has 0 bridgehead atoms. The van der Waals surface area contributed by atoms with Crippen LogP contribution >= 0.6 is 11.3 Å². The van der Waals surface area contributed by atoms with Crippen LogP contribution in [0.1, 0.15) is 28.9 Å². The first-order chi connectivity index (χ1) is 12.0. The summed E-state index contributed by atoms with van der Waals surface area (Å²) in [5, 5.41) is 3.94. The molecule has 1 aliphatic heterocycles. The van der Waals surface area contributed by atoms with Crippen LogP contribution in [0.25, 0.3) is 0 Å². The van der Waals surface area contributed by atoms with Crippen LogP contribution in [0.3, 0.4) is 0 Å². The first-order valence-electron chi connectivity index (χ1n) is 8.16. The second-order valence-corrected chi connectivity index (χ2v) is 7.00. The molecule has 0 radical (unpaired) electrons. The molecule has 8 heteroatoms. The summed E-state index contributed by atoms with van der Waals surface area (Å²) in [6.07, 6.45) is 1.88. The molecule has 1 unspecified atom stereocenters. The summed E-state index contributed by atoms with van der Waals surface area (Å²) >= 11 is 1.56. The summed E-state index contributed by atoms with van der Waals surface area (Å²) in [7, 11) is 2.90. The van der Waals surface area contributed by atoms with Crippen LogP contribution in [-0.2, 0) is 25.4 Å². The molecule has 3 heterocycles. The summed E-state index contributed by atoms with van der Waals surface area (Å²) < 4.78 is 7.87.